The van der Waals surface area contributed by atoms with Crippen LogP contribution in [0.2, 0.25) is 0 Å². The van der Waals surface area contributed by atoms with Crippen LogP contribution in [0.4, 0.5) is 0 Å². The fraction of sp³-hybridized carbons (Fsp3) is 0.480. The van der Waals surface area contributed by atoms with Gasteiger partial charge < -0.3 is 14.7 Å². The molecule has 1 N–H and O–H groups in total. The second-order valence-electron chi connectivity index (χ2n) is 8.95. The van der Waals surface area contributed by atoms with Gasteiger partial charge in [0.1, 0.15) is 11.1 Å². The number of thioether (sulfide) groups is 1. The molecule has 3 aromatic rings. The van der Waals surface area contributed by atoms with Crippen LogP contribution in [-0.4, -0.2) is 52.6 Å². The van der Waals surface area contributed by atoms with Crippen LogP contribution in [0.5, 0.6) is 0 Å². The summed E-state index contributed by atoms with van der Waals surface area (Å²) in [4.78, 5) is 8.52. The average molecular weight is 457 g/mol. The van der Waals surface area contributed by atoms with E-state index < -0.39 is 0 Å². The molecule has 2 heterocycles. The number of aliphatic hydroxyl groups is 1. The molecule has 0 saturated carbocycles. The van der Waals surface area contributed by atoms with E-state index in [2.05, 4.69) is 68.3 Å². The minimum atomic E-state index is -0.160. The number of rotatable bonds is 8. The molecule has 1 fully saturated rings. The normalized spacial score (nSPS) is 17.3. The summed E-state index contributed by atoms with van der Waals surface area (Å²) < 4.78 is 7.92. The number of benzene rings is 2. The van der Waals surface area contributed by atoms with E-state index in [-0.39, 0.29) is 23.6 Å². The Morgan fingerprint density at radius 1 is 1.19 bits per heavy atom. The quantitative estimate of drug-likeness (QED) is 0.437. The predicted octanol–water partition coefficient (Wildman–Crippen LogP) is 5.75. The van der Waals surface area contributed by atoms with Gasteiger partial charge in [-0.1, -0.05) is 38.1 Å². The van der Waals surface area contributed by atoms with Gasteiger partial charge in [0, 0.05) is 29.3 Å². The second-order valence-corrected chi connectivity index (χ2v) is 11.8. The van der Waals surface area contributed by atoms with Gasteiger partial charge in [0.05, 0.1) is 16.3 Å². The van der Waals surface area contributed by atoms with Crippen LogP contribution < -0.4 is 0 Å². The van der Waals surface area contributed by atoms with E-state index in [1.807, 2.05) is 17.8 Å². The largest absolute Gasteiger partial charge is 0.396 e. The molecule has 0 aliphatic carbocycles. The molecule has 1 aliphatic heterocycles. The van der Waals surface area contributed by atoms with Crippen LogP contribution in [0.15, 0.2) is 53.4 Å². The van der Waals surface area contributed by atoms with Crippen molar-refractivity contribution < 1.29 is 9.84 Å². The highest BCUT2D eigenvalue weighted by atomic mass is 32.2. The smallest absolute Gasteiger partial charge is 0.134 e. The zero-order valence-electron chi connectivity index (χ0n) is 18.6. The summed E-state index contributed by atoms with van der Waals surface area (Å²) in [6.07, 6.45) is 2.95. The van der Waals surface area contributed by atoms with E-state index >= 15 is 0 Å². The van der Waals surface area contributed by atoms with Crippen molar-refractivity contribution in [1.29, 1.82) is 0 Å². The molecule has 1 unspecified atom stereocenters. The van der Waals surface area contributed by atoms with Gasteiger partial charge in [-0.25, -0.2) is 4.98 Å². The summed E-state index contributed by atoms with van der Waals surface area (Å²) >= 11 is 3.54. The molecule has 1 atom stereocenters. The molecule has 6 heteroatoms. The maximum atomic E-state index is 9.40. The number of aliphatic hydroxyl groups excluding tert-OH is 1. The van der Waals surface area contributed by atoms with Crippen molar-refractivity contribution in [3.05, 3.63) is 59.1 Å². The molecule has 0 bridgehead atoms. The van der Waals surface area contributed by atoms with E-state index in [9.17, 15) is 5.11 Å². The van der Waals surface area contributed by atoms with Gasteiger partial charge in [0.15, 0.2) is 0 Å². The topological polar surface area (TPSA) is 45.6 Å². The fourth-order valence-electron chi connectivity index (χ4n) is 3.98. The number of piperidine rings is 1. The summed E-state index contributed by atoms with van der Waals surface area (Å²) in [5.41, 5.74) is 2.19. The van der Waals surface area contributed by atoms with Crippen molar-refractivity contribution in [3.63, 3.8) is 0 Å². The van der Waals surface area contributed by atoms with Crippen molar-refractivity contribution in [2.45, 2.75) is 55.0 Å². The zero-order valence-corrected chi connectivity index (χ0v) is 20.2. The number of hydrogen-bond acceptors (Lipinski definition) is 6. The molecule has 166 valence electrons. The highest BCUT2D eigenvalue weighted by molar-refractivity contribution is 8.00. The first kappa shape index (κ1) is 22.7. The minimum Gasteiger partial charge on any atom is -0.396 e. The Morgan fingerprint density at radius 2 is 1.97 bits per heavy atom. The van der Waals surface area contributed by atoms with Crippen LogP contribution in [-0.2, 0) is 4.74 Å². The lowest BCUT2D eigenvalue weighted by Crippen LogP contribution is -2.35. The maximum absolute atomic E-state index is 9.40. The molecule has 2 aromatic carbocycles. The SMILES string of the molecule is CN1CCC(OC(c2cccc(SC(C)(C)CCO)c2)c2nc3ccccc3s2)CC1. The molecule has 1 aromatic heterocycles. The third-order valence-electron chi connectivity index (χ3n) is 5.80. The first-order valence-corrected chi connectivity index (χ1v) is 12.7. The van der Waals surface area contributed by atoms with Crippen molar-refractivity contribution in [2.24, 2.45) is 0 Å². The Bertz CT molecular complexity index is 963. The third-order valence-corrected chi connectivity index (χ3v) is 8.12. The van der Waals surface area contributed by atoms with Crippen molar-refractivity contribution in [1.82, 2.24) is 9.88 Å². The highest BCUT2D eigenvalue weighted by Gasteiger charge is 2.27. The number of likely N-dealkylation sites (tertiary alicyclic amines) is 1. The van der Waals surface area contributed by atoms with Crippen LogP contribution in [0.25, 0.3) is 10.2 Å². The molecule has 1 aliphatic rings. The molecular weight excluding hydrogens is 424 g/mol. The molecular formula is C25H32N2O2S2. The number of aromatic nitrogens is 1. The van der Waals surface area contributed by atoms with Gasteiger partial charge in [0.25, 0.3) is 0 Å². The van der Waals surface area contributed by atoms with Crippen LogP contribution >= 0.6 is 23.1 Å². The first-order chi connectivity index (χ1) is 14.9. The van der Waals surface area contributed by atoms with E-state index in [1.54, 1.807) is 11.3 Å². The number of fused-ring (bicyclic) bond motifs is 1. The predicted molar refractivity (Wildman–Crippen MR) is 131 cm³/mol. The van der Waals surface area contributed by atoms with E-state index in [0.717, 1.165) is 48.4 Å². The van der Waals surface area contributed by atoms with Gasteiger partial charge in [-0.3, -0.25) is 0 Å². The molecule has 0 amide bonds. The van der Waals surface area contributed by atoms with Crippen LogP contribution in [0, 0.1) is 0 Å². The second kappa shape index (κ2) is 10.0. The summed E-state index contributed by atoms with van der Waals surface area (Å²) in [5, 5.41) is 10.4. The summed E-state index contributed by atoms with van der Waals surface area (Å²) in [6.45, 7) is 6.71. The zero-order chi connectivity index (χ0) is 21.8. The van der Waals surface area contributed by atoms with Crippen molar-refractivity contribution in [2.75, 3.05) is 26.7 Å². The van der Waals surface area contributed by atoms with Crippen molar-refractivity contribution >= 4 is 33.3 Å². The van der Waals surface area contributed by atoms with Gasteiger partial charge in [-0.15, -0.1) is 23.1 Å². The van der Waals surface area contributed by atoms with E-state index in [0.29, 0.717) is 0 Å². The molecule has 1 saturated heterocycles. The average Bonchev–Trinajstić information content (AvgIpc) is 3.17. The van der Waals surface area contributed by atoms with E-state index in [1.165, 1.54) is 9.60 Å². The lowest BCUT2D eigenvalue weighted by molar-refractivity contribution is -0.0235. The van der Waals surface area contributed by atoms with Gasteiger partial charge in [-0.05, 0) is 56.1 Å². The van der Waals surface area contributed by atoms with Crippen LogP contribution in [0.1, 0.15) is 49.8 Å². The molecule has 31 heavy (non-hydrogen) atoms. The standard InChI is InChI=1S/C25H32N2O2S2/c1-25(2,13-16-28)31-20-8-6-7-18(17-20)23(29-19-11-14-27(3)15-12-19)24-26-21-9-4-5-10-22(21)30-24/h4-10,17,19,23,28H,11-16H2,1-3H3. The Morgan fingerprint density at radius 3 is 2.71 bits per heavy atom. The lowest BCUT2D eigenvalue weighted by Gasteiger charge is -2.31. The number of hydrogen-bond donors (Lipinski definition) is 1. The molecule has 4 rings (SSSR count). The minimum absolute atomic E-state index is 0.0203. The fourth-order valence-corrected chi connectivity index (χ4v) is 6.18. The number of thiazole rings is 1. The maximum Gasteiger partial charge on any atom is 0.134 e. The van der Waals surface area contributed by atoms with Crippen molar-refractivity contribution in [3.8, 4) is 0 Å². The summed E-state index contributed by atoms with van der Waals surface area (Å²) in [5.74, 6) is 0. The van der Waals surface area contributed by atoms with Gasteiger partial charge in [0.2, 0.25) is 0 Å². The third kappa shape index (κ3) is 5.88. The molecule has 4 nitrogen and oxygen atoms in total. The summed E-state index contributed by atoms with van der Waals surface area (Å²) in [6, 6.07) is 17.0. The Labute approximate surface area is 193 Å². The Hall–Kier alpha value is -1.44. The van der Waals surface area contributed by atoms with Gasteiger partial charge in [-0.2, -0.15) is 0 Å². The highest BCUT2D eigenvalue weighted by Crippen LogP contribution is 2.39. The van der Waals surface area contributed by atoms with Gasteiger partial charge >= 0.3 is 0 Å². The Kier molecular flexibility index (Phi) is 7.34. The first-order valence-electron chi connectivity index (χ1n) is 11.0. The number of nitrogens with zero attached hydrogens (tertiary/aromatic N) is 2. The Balaban J connectivity index is 1.64. The summed E-state index contributed by atoms with van der Waals surface area (Å²) in [7, 11) is 2.18. The molecule has 0 radical (unpaired) electrons. The lowest BCUT2D eigenvalue weighted by atomic mass is 10.1. The van der Waals surface area contributed by atoms with E-state index in [4.69, 9.17) is 9.72 Å². The number of para-hydroxylation sites is 1. The number of ether oxygens (including phenoxy) is 1. The van der Waals surface area contributed by atoms with Crippen LogP contribution in [0.3, 0.4) is 0 Å². The molecule has 0 spiro atoms. The monoisotopic (exact) mass is 456 g/mol.